The summed E-state index contributed by atoms with van der Waals surface area (Å²) in [4.78, 5) is 0. The molecule has 0 radical (unpaired) electrons. The van der Waals surface area contributed by atoms with Gasteiger partial charge in [-0.15, -0.1) is 0 Å². The Kier molecular flexibility index (Phi) is 3.68. The normalized spacial score (nSPS) is 13.0. The summed E-state index contributed by atoms with van der Waals surface area (Å²) in [6.07, 6.45) is 3.30. The van der Waals surface area contributed by atoms with Crippen LogP contribution in [0.3, 0.4) is 0 Å². The van der Waals surface area contributed by atoms with Gasteiger partial charge in [0.1, 0.15) is 11.6 Å². The van der Waals surface area contributed by atoms with Crippen molar-refractivity contribution in [2.45, 2.75) is 19.3 Å². The third-order valence-electron chi connectivity index (χ3n) is 3.63. The lowest BCUT2D eigenvalue weighted by Gasteiger charge is -2.11. The molecule has 0 atom stereocenters. The highest BCUT2D eigenvalue weighted by Gasteiger charge is 2.16. The standard InChI is InChI=1S/C16H14BrFN2O/c17-14-12(16(19)20)6-7-13(15(14)18)21-11-5-4-9-2-1-3-10(9)8-11/h4-8H,1-3H2,(H3,19,20). The van der Waals surface area contributed by atoms with E-state index in [4.69, 9.17) is 15.9 Å². The number of amidine groups is 1. The number of rotatable bonds is 3. The Bertz CT molecular complexity index is 730. The predicted octanol–water partition coefficient (Wildman–Crippen LogP) is 4.15. The molecule has 3 rings (SSSR count). The largest absolute Gasteiger partial charge is 0.454 e. The Morgan fingerprint density at radius 2 is 1.95 bits per heavy atom. The number of fused-ring (bicyclic) bond motifs is 1. The molecule has 0 bridgehead atoms. The summed E-state index contributed by atoms with van der Waals surface area (Å²) in [6.45, 7) is 0. The second-order valence-electron chi connectivity index (χ2n) is 5.04. The molecular formula is C16H14BrFN2O. The van der Waals surface area contributed by atoms with Crippen LogP contribution in [-0.4, -0.2) is 5.84 Å². The maximum absolute atomic E-state index is 14.3. The van der Waals surface area contributed by atoms with E-state index in [1.807, 2.05) is 18.2 Å². The van der Waals surface area contributed by atoms with E-state index < -0.39 is 5.82 Å². The van der Waals surface area contributed by atoms with Crippen molar-refractivity contribution in [3.8, 4) is 11.5 Å². The molecule has 3 nitrogen and oxygen atoms in total. The number of halogens is 2. The SMILES string of the molecule is N=C(N)c1ccc(Oc2ccc3c(c2)CCC3)c(F)c1Br. The van der Waals surface area contributed by atoms with Gasteiger partial charge in [-0.05, 0) is 70.6 Å². The van der Waals surface area contributed by atoms with E-state index in [1.54, 1.807) is 6.07 Å². The van der Waals surface area contributed by atoms with Crippen LogP contribution >= 0.6 is 15.9 Å². The lowest BCUT2D eigenvalue weighted by molar-refractivity contribution is 0.440. The molecule has 0 heterocycles. The van der Waals surface area contributed by atoms with Gasteiger partial charge in [0.05, 0.1) is 4.47 Å². The Hall–Kier alpha value is -1.88. The van der Waals surface area contributed by atoms with E-state index in [-0.39, 0.29) is 16.1 Å². The first-order valence-electron chi connectivity index (χ1n) is 6.68. The van der Waals surface area contributed by atoms with E-state index >= 15 is 0 Å². The molecule has 2 aromatic carbocycles. The zero-order valence-electron chi connectivity index (χ0n) is 11.2. The van der Waals surface area contributed by atoms with E-state index in [0.29, 0.717) is 11.3 Å². The van der Waals surface area contributed by atoms with Crippen LogP contribution in [0.15, 0.2) is 34.8 Å². The van der Waals surface area contributed by atoms with Gasteiger partial charge < -0.3 is 10.5 Å². The lowest BCUT2D eigenvalue weighted by atomic mass is 10.1. The Balaban J connectivity index is 1.92. The molecule has 21 heavy (non-hydrogen) atoms. The third kappa shape index (κ3) is 2.65. The topological polar surface area (TPSA) is 59.1 Å². The van der Waals surface area contributed by atoms with Crippen molar-refractivity contribution in [3.05, 3.63) is 57.3 Å². The third-order valence-corrected chi connectivity index (χ3v) is 4.41. The number of benzene rings is 2. The van der Waals surface area contributed by atoms with Crippen molar-refractivity contribution in [3.63, 3.8) is 0 Å². The van der Waals surface area contributed by atoms with Gasteiger partial charge in [0.25, 0.3) is 0 Å². The van der Waals surface area contributed by atoms with Crippen molar-refractivity contribution in [2.24, 2.45) is 5.73 Å². The number of hydrogen-bond acceptors (Lipinski definition) is 2. The summed E-state index contributed by atoms with van der Waals surface area (Å²) >= 11 is 3.12. The molecule has 0 aliphatic heterocycles. The molecular weight excluding hydrogens is 335 g/mol. The average molecular weight is 349 g/mol. The number of nitrogens with one attached hydrogen (secondary N) is 1. The van der Waals surface area contributed by atoms with Gasteiger partial charge in [-0.25, -0.2) is 4.39 Å². The minimum absolute atomic E-state index is 0.116. The van der Waals surface area contributed by atoms with Crippen LogP contribution < -0.4 is 10.5 Å². The second-order valence-corrected chi connectivity index (χ2v) is 5.83. The highest BCUT2D eigenvalue weighted by molar-refractivity contribution is 9.10. The summed E-state index contributed by atoms with van der Waals surface area (Å²) < 4.78 is 20.0. The second kappa shape index (κ2) is 5.48. The van der Waals surface area contributed by atoms with Crippen molar-refractivity contribution in [1.82, 2.24) is 0 Å². The maximum atomic E-state index is 14.3. The van der Waals surface area contributed by atoms with Crippen molar-refractivity contribution >= 4 is 21.8 Å². The lowest BCUT2D eigenvalue weighted by Crippen LogP contribution is -2.12. The molecule has 2 aromatic rings. The predicted molar refractivity (Wildman–Crippen MR) is 83.7 cm³/mol. The van der Waals surface area contributed by atoms with Gasteiger partial charge in [0.15, 0.2) is 11.6 Å². The van der Waals surface area contributed by atoms with Crippen LogP contribution in [0.25, 0.3) is 0 Å². The fourth-order valence-corrected chi connectivity index (χ4v) is 3.10. The Labute approximate surface area is 130 Å². The fourth-order valence-electron chi connectivity index (χ4n) is 2.56. The highest BCUT2D eigenvalue weighted by Crippen LogP contribution is 2.33. The molecule has 0 saturated carbocycles. The highest BCUT2D eigenvalue weighted by atomic mass is 79.9. The summed E-state index contributed by atoms with van der Waals surface area (Å²) in [5.74, 6) is -0.00472. The van der Waals surface area contributed by atoms with Crippen LogP contribution in [0.4, 0.5) is 4.39 Å². The maximum Gasteiger partial charge on any atom is 0.180 e. The molecule has 5 heteroatoms. The first-order chi connectivity index (χ1) is 10.1. The summed E-state index contributed by atoms with van der Waals surface area (Å²) in [5, 5.41) is 7.39. The van der Waals surface area contributed by atoms with Crippen LogP contribution in [0.5, 0.6) is 11.5 Å². The van der Waals surface area contributed by atoms with Crippen LogP contribution in [0, 0.1) is 11.2 Å². The van der Waals surface area contributed by atoms with E-state index in [9.17, 15) is 4.39 Å². The molecule has 3 N–H and O–H groups in total. The van der Waals surface area contributed by atoms with Crippen LogP contribution in [-0.2, 0) is 12.8 Å². The van der Waals surface area contributed by atoms with Gasteiger partial charge >= 0.3 is 0 Å². The zero-order valence-corrected chi connectivity index (χ0v) is 12.8. The smallest absolute Gasteiger partial charge is 0.180 e. The number of ether oxygens (including phenoxy) is 1. The molecule has 1 aliphatic carbocycles. The number of nitrogen functional groups attached to an aromatic ring is 1. The van der Waals surface area contributed by atoms with Crippen molar-refractivity contribution in [1.29, 1.82) is 5.41 Å². The summed E-state index contributed by atoms with van der Waals surface area (Å²) in [7, 11) is 0. The van der Waals surface area contributed by atoms with Crippen molar-refractivity contribution < 1.29 is 9.13 Å². The van der Waals surface area contributed by atoms with E-state index in [0.717, 1.165) is 19.3 Å². The van der Waals surface area contributed by atoms with Gasteiger partial charge in [0.2, 0.25) is 0 Å². The molecule has 0 fully saturated rings. The number of nitrogens with two attached hydrogens (primary N) is 1. The minimum Gasteiger partial charge on any atom is -0.454 e. The van der Waals surface area contributed by atoms with Crippen LogP contribution in [0.2, 0.25) is 0 Å². The Morgan fingerprint density at radius 3 is 2.71 bits per heavy atom. The van der Waals surface area contributed by atoms with Gasteiger partial charge in [-0.1, -0.05) is 6.07 Å². The fraction of sp³-hybridized carbons (Fsp3) is 0.188. The quantitative estimate of drug-likeness (QED) is 0.646. The molecule has 0 spiro atoms. The number of hydrogen-bond donors (Lipinski definition) is 2. The van der Waals surface area contributed by atoms with Gasteiger partial charge in [-0.3, -0.25) is 5.41 Å². The average Bonchev–Trinajstić information content (AvgIpc) is 2.91. The zero-order chi connectivity index (χ0) is 15.0. The first-order valence-corrected chi connectivity index (χ1v) is 7.47. The molecule has 0 saturated heterocycles. The van der Waals surface area contributed by atoms with E-state index in [1.165, 1.54) is 17.2 Å². The molecule has 0 aromatic heterocycles. The molecule has 1 aliphatic rings. The summed E-state index contributed by atoms with van der Waals surface area (Å²) in [6, 6.07) is 8.92. The van der Waals surface area contributed by atoms with Gasteiger partial charge in [0, 0.05) is 5.56 Å². The minimum atomic E-state index is -0.553. The van der Waals surface area contributed by atoms with Crippen LogP contribution in [0.1, 0.15) is 23.1 Å². The van der Waals surface area contributed by atoms with Crippen molar-refractivity contribution in [2.75, 3.05) is 0 Å². The molecule has 0 amide bonds. The Morgan fingerprint density at radius 1 is 1.19 bits per heavy atom. The molecule has 0 unspecified atom stereocenters. The van der Waals surface area contributed by atoms with Gasteiger partial charge in [-0.2, -0.15) is 0 Å². The first kappa shape index (κ1) is 14.1. The monoisotopic (exact) mass is 348 g/mol. The number of aryl methyl sites for hydroxylation is 2. The molecule has 108 valence electrons. The summed E-state index contributed by atoms with van der Waals surface area (Å²) in [5.41, 5.74) is 8.32. The van der Waals surface area contributed by atoms with E-state index in [2.05, 4.69) is 15.9 Å².